The monoisotopic (exact) mass is 259 g/mol. The van der Waals surface area contributed by atoms with Gasteiger partial charge in [0, 0.05) is 16.7 Å². The Hall–Kier alpha value is -1.14. The Labute approximate surface area is 101 Å². The van der Waals surface area contributed by atoms with E-state index in [9.17, 15) is 10.1 Å². The van der Waals surface area contributed by atoms with E-state index >= 15 is 0 Å². The second kappa shape index (κ2) is 4.03. The normalized spacial score (nSPS) is 15.2. The van der Waals surface area contributed by atoms with Crippen LogP contribution in [0.4, 0.5) is 5.82 Å². The summed E-state index contributed by atoms with van der Waals surface area (Å²) < 4.78 is 1.50. The van der Waals surface area contributed by atoms with Gasteiger partial charge in [-0.25, -0.2) is 0 Å². The number of alkyl halides is 1. The maximum absolute atomic E-state index is 11.0. The standard InChI is InChI=1S/C9H10ClN3O2S/c1-5(6(2)10)7-8(13(14)15)12-3-4-16-9(12)11-7/h3-6H,1-2H3. The van der Waals surface area contributed by atoms with Crippen LogP contribution in [-0.2, 0) is 0 Å². The van der Waals surface area contributed by atoms with Crippen molar-refractivity contribution in [3.05, 3.63) is 27.4 Å². The number of imidazole rings is 1. The van der Waals surface area contributed by atoms with Crippen LogP contribution in [0.2, 0.25) is 0 Å². The van der Waals surface area contributed by atoms with Crippen LogP contribution in [0, 0.1) is 10.1 Å². The number of halogens is 1. The fourth-order valence-electron chi connectivity index (χ4n) is 1.50. The summed E-state index contributed by atoms with van der Waals surface area (Å²) in [7, 11) is 0. The Morgan fingerprint density at radius 3 is 2.88 bits per heavy atom. The molecular formula is C9H10ClN3O2S. The van der Waals surface area contributed by atoms with Gasteiger partial charge in [0.05, 0.1) is 0 Å². The van der Waals surface area contributed by atoms with E-state index < -0.39 is 4.92 Å². The molecule has 2 atom stereocenters. The minimum atomic E-state index is -0.405. The first-order valence-electron chi connectivity index (χ1n) is 4.76. The van der Waals surface area contributed by atoms with Crippen molar-refractivity contribution in [3.63, 3.8) is 0 Å². The molecule has 2 aromatic rings. The minimum absolute atomic E-state index is 0.0243. The van der Waals surface area contributed by atoms with Crippen molar-refractivity contribution >= 4 is 33.7 Å². The lowest BCUT2D eigenvalue weighted by Crippen LogP contribution is -2.08. The summed E-state index contributed by atoms with van der Waals surface area (Å²) in [5.41, 5.74) is 0.458. The quantitative estimate of drug-likeness (QED) is 0.484. The molecule has 0 saturated carbocycles. The number of aromatic nitrogens is 2. The number of nitrogens with zero attached hydrogens (tertiary/aromatic N) is 3. The number of hydrogen-bond donors (Lipinski definition) is 0. The van der Waals surface area contributed by atoms with E-state index in [1.54, 1.807) is 11.6 Å². The van der Waals surface area contributed by atoms with E-state index in [0.29, 0.717) is 10.7 Å². The Morgan fingerprint density at radius 1 is 1.62 bits per heavy atom. The fourth-order valence-corrected chi connectivity index (χ4v) is 2.33. The van der Waals surface area contributed by atoms with E-state index in [-0.39, 0.29) is 17.1 Å². The number of rotatable bonds is 3. The molecular weight excluding hydrogens is 250 g/mol. The summed E-state index contributed by atoms with van der Waals surface area (Å²) in [6, 6.07) is 0. The summed E-state index contributed by atoms with van der Waals surface area (Å²) in [6.07, 6.45) is 1.65. The number of hydrogen-bond acceptors (Lipinski definition) is 4. The first-order chi connectivity index (χ1) is 7.52. The maximum atomic E-state index is 11.0. The zero-order valence-electron chi connectivity index (χ0n) is 8.75. The lowest BCUT2D eigenvalue weighted by Gasteiger charge is -2.10. The average molecular weight is 260 g/mol. The van der Waals surface area contributed by atoms with E-state index in [1.165, 1.54) is 15.7 Å². The molecule has 86 valence electrons. The summed E-state index contributed by atoms with van der Waals surface area (Å²) in [5.74, 6) is -0.120. The van der Waals surface area contributed by atoms with Gasteiger partial charge in [0.15, 0.2) is 0 Å². The van der Waals surface area contributed by atoms with Crippen molar-refractivity contribution in [1.29, 1.82) is 0 Å². The third kappa shape index (κ3) is 1.68. The Kier molecular flexibility index (Phi) is 2.86. The van der Waals surface area contributed by atoms with Crippen molar-refractivity contribution in [2.24, 2.45) is 0 Å². The minimum Gasteiger partial charge on any atom is -0.358 e. The highest BCUT2D eigenvalue weighted by atomic mass is 35.5. The maximum Gasteiger partial charge on any atom is 0.352 e. The molecule has 7 heteroatoms. The second-order valence-electron chi connectivity index (χ2n) is 3.60. The third-order valence-electron chi connectivity index (χ3n) is 2.56. The van der Waals surface area contributed by atoms with Crippen LogP contribution < -0.4 is 0 Å². The zero-order valence-corrected chi connectivity index (χ0v) is 10.3. The molecule has 2 aromatic heterocycles. The molecule has 2 heterocycles. The van der Waals surface area contributed by atoms with Gasteiger partial charge in [0.1, 0.15) is 11.9 Å². The molecule has 2 rings (SSSR count). The molecule has 0 bridgehead atoms. The molecule has 0 radical (unpaired) electrons. The molecule has 0 aliphatic rings. The first kappa shape index (κ1) is 11.3. The van der Waals surface area contributed by atoms with Crippen molar-refractivity contribution in [3.8, 4) is 0 Å². The Bertz CT molecular complexity index is 534. The van der Waals surface area contributed by atoms with E-state index in [0.717, 1.165) is 0 Å². The van der Waals surface area contributed by atoms with Crippen LogP contribution in [0.1, 0.15) is 25.5 Å². The highest BCUT2D eigenvalue weighted by Crippen LogP contribution is 2.32. The van der Waals surface area contributed by atoms with Crippen LogP contribution in [0.15, 0.2) is 11.6 Å². The van der Waals surface area contributed by atoms with Gasteiger partial charge in [-0.1, -0.05) is 18.3 Å². The summed E-state index contributed by atoms with van der Waals surface area (Å²) in [5, 5.41) is 12.6. The van der Waals surface area contributed by atoms with Crippen molar-refractivity contribution in [2.75, 3.05) is 0 Å². The molecule has 2 unspecified atom stereocenters. The van der Waals surface area contributed by atoms with Crippen molar-refractivity contribution < 1.29 is 4.92 Å². The van der Waals surface area contributed by atoms with Gasteiger partial charge in [0.25, 0.3) is 4.96 Å². The average Bonchev–Trinajstić information content (AvgIpc) is 2.73. The van der Waals surface area contributed by atoms with Crippen molar-refractivity contribution in [2.45, 2.75) is 25.1 Å². The highest BCUT2D eigenvalue weighted by molar-refractivity contribution is 7.15. The van der Waals surface area contributed by atoms with Gasteiger partial charge >= 0.3 is 5.82 Å². The second-order valence-corrected chi connectivity index (χ2v) is 5.16. The van der Waals surface area contributed by atoms with Crippen LogP contribution >= 0.6 is 22.9 Å². The number of thiazole rings is 1. The van der Waals surface area contributed by atoms with Gasteiger partial charge in [-0.3, -0.25) is 0 Å². The number of fused-ring (bicyclic) bond motifs is 1. The zero-order chi connectivity index (χ0) is 11.9. The van der Waals surface area contributed by atoms with Crippen LogP contribution in [0.5, 0.6) is 0 Å². The molecule has 0 aliphatic heterocycles. The smallest absolute Gasteiger partial charge is 0.352 e. The van der Waals surface area contributed by atoms with E-state index in [2.05, 4.69) is 4.98 Å². The van der Waals surface area contributed by atoms with Crippen LogP contribution in [0.25, 0.3) is 4.96 Å². The fraction of sp³-hybridized carbons (Fsp3) is 0.444. The molecule has 5 nitrogen and oxygen atoms in total. The molecule has 0 amide bonds. The Balaban J connectivity index is 2.64. The SMILES string of the molecule is CC(Cl)C(C)c1nc2sccn2c1[N+](=O)[O-]. The molecule has 16 heavy (non-hydrogen) atoms. The van der Waals surface area contributed by atoms with Gasteiger partial charge in [-0.2, -0.15) is 9.38 Å². The summed E-state index contributed by atoms with van der Waals surface area (Å²) in [4.78, 5) is 15.5. The topological polar surface area (TPSA) is 60.4 Å². The predicted molar refractivity (Wildman–Crippen MR) is 63.5 cm³/mol. The molecule has 0 N–H and O–H groups in total. The molecule has 0 saturated heterocycles. The first-order valence-corrected chi connectivity index (χ1v) is 6.08. The summed E-state index contributed by atoms with van der Waals surface area (Å²) in [6.45, 7) is 3.65. The van der Waals surface area contributed by atoms with Gasteiger partial charge in [-0.15, -0.1) is 11.6 Å². The Morgan fingerprint density at radius 2 is 2.31 bits per heavy atom. The highest BCUT2D eigenvalue weighted by Gasteiger charge is 2.29. The number of nitro groups is 1. The van der Waals surface area contributed by atoms with Crippen molar-refractivity contribution in [1.82, 2.24) is 9.38 Å². The van der Waals surface area contributed by atoms with Gasteiger partial charge in [-0.05, 0) is 11.8 Å². The largest absolute Gasteiger partial charge is 0.358 e. The molecule has 0 fully saturated rings. The van der Waals surface area contributed by atoms with Crippen LogP contribution in [0.3, 0.4) is 0 Å². The van der Waals surface area contributed by atoms with Crippen LogP contribution in [-0.4, -0.2) is 19.7 Å². The van der Waals surface area contributed by atoms with E-state index in [1.807, 2.05) is 13.8 Å². The molecule has 0 aromatic carbocycles. The molecule has 0 aliphatic carbocycles. The molecule has 0 spiro atoms. The van der Waals surface area contributed by atoms with Gasteiger partial charge < -0.3 is 10.1 Å². The van der Waals surface area contributed by atoms with E-state index in [4.69, 9.17) is 11.6 Å². The lowest BCUT2D eigenvalue weighted by molar-refractivity contribution is -0.391. The summed E-state index contributed by atoms with van der Waals surface area (Å²) >= 11 is 7.34. The third-order valence-corrected chi connectivity index (χ3v) is 3.69. The predicted octanol–water partition coefficient (Wildman–Crippen LogP) is 3.03. The van der Waals surface area contributed by atoms with Gasteiger partial charge in [0.2, 0.25) is 0 Å². The lowest BCUT2D eigenvalue weighted by atomic mass is 10.1.